The van der Waals surface area contributed by atoms with Crippen LogP contribution < -0.4 is 0 Å². The molecule has 1 amide bonds. The molecule has 0 heterocycles. The average molecular weight is 652 g/mol. The van der Waals surface area contributed by atoms with Gasteiger partial charge in [0.2, 0.25) is 5.91 Å². The van der Waals surface area contributed by atoms with Crippen LogP contribution in [0.4, 0.5) is 0 Å². The molecule has 0 aromatic carbocycles. The van der Waals surface area contributed by atoms with Crippen LogP contribution >= 0.6 is 0 Å². The Morgan fingerprint density at radius 2 is 0.935 bits per heavy atom. The smallest absolute Gasteiger partial charge is 0.226 e. The monoisotopic (exact) mass is 652 g/mol. The second kappa shape index (κ2) is 34.3. The van der Waals surface area contributed by atoms with Gasteiger partial charge in [-0.25, -0.2) is 0 Å². The number of nitrogens with zero attached hydrogens (tertiary/aromatic N) is 1. The molecule has 276 valence electrons. The van der Waals surface area contributed by atoms with E-state index in [0.717, 1.165) is 38.5 Å². The highest BCUT2D eigenvalue weighted by molar-refractivity contribution is 5.79. The first-order valence-corrected chi connectivity index (χ1v) is 21.0. The van der Waals surface area contributed by atoms with Gasteiger partial charge in [-0.1, -0.05) is 202 Å². The van der Waals surface area contributed by atoms with Crippen molar-refractivity contribution in [2.45, 2.75) is 239 Å². The first kappa shape index (κ1) is 45.4. The summed E-state index contributed by atoms with van der Waals surface area (Å²) >= 11 is 0. The van der Waals surface area contributed by atoms with Crippen LogP contribution in [0, 0.1) is 11.8 Å². The summed E-state index contributed by atoms with van der Waals surface area (Å²) in [6, 6.07) is 0.148. The van der Waals surface area contributed by atoms with Gasteiger partial charge in [-0.05, 0) is 31.6 Å². The largest absolute Gasteiger partial charge is 0.394 e. The number of rotatable bonds is 36. The molecule has 0 aliphatic rings. The molecular weight excluding hydrogens is 566 g/mol. The lowest BCUT2D eigenvalue weighted by Crippen LogP contribution is -2.48. The Kier molecular flexibility index (Phi) is 33.8. The van der Waals surface area contributed by atoms with E-state index in [1.54, 1.807) is 0 Å². The van der Waals surface area contributed by atoms with E-state index in [-0.39, 0.29) is 31.0 Å². The Morgan fingerprint density at radius 1 is 0.543 bits per heavy atom. The predicted octanol–water partition coefficient (Wildman–Crippen LogP) is 12.6. The lowest BCUT2D eigenvalue weighted by atomic mass is 9.86. The summed E-state index contributed by atoms with van der Waals surface area (Å²) in [7, 11) is 0. The summed E-state index contributed by atoms with van der Waals surface area (Å²) in [6.45, 7) is 11.2. The van der Waals surface area contributed by atoms with Crippen LogP contribution in [0.1, 0.15) is 227 Å². The van der Waals surface area contributed by atoms with Gasteiger partial charge < -0.3 is 15.1 Å². The van der Waals surface area contributed by atoms with Gasteiger partial charge in [-0.2, -0.15) is 0 Å². The van der Waals surface area contributed by atoms with E-state index < -0.39 is 6.10 Å². The summed E-state index contributed by atoms with van der Waals surface area (Å²) in [5, 5.41) is 20.0. The Hall–Kier alpha value is -0.610. The number of carbonyl (C=O) groups excluding carboxylic acids is 1. The van der Waals surface area contributed by atoms with E-state index in [4.69, 9.17) is 0 Å². The number of unbranched alkanes of at least 4 members (excludes halogenated alkanes) is 22. The Balaban J connectivity index is 4.75. The third kappa shape index (κ3) is 26.4. The fraction of sp³-hybridized carbons (Fsp3) is 0.976. The molecule has 0 rings (SSSR count). The predicted molar refractivity (Wildman–Crippen MR) is 202 cm³/mol. The van der Waals surface area contributed by atoms with Crippen LogP contribution in [0.5, 0.6) is 0 Å². The Bertz CT molecular complexity index is 626. The first-order chi connectivity index (χ1) is 22.4. The molecule has 2 N–H and O–H groups in total. The van der Waals surface area contributed by atoms with Gasteiger partial charge in [0.05, 0.1) is 12.7 Å². The van der Waals surface area contributed by atoms with Gasteiger partial charge in [-0.3, -0.25) is 4.79 Å². The lowest BCUT2D eigenvalue weighted by molar-refractivity contribution is -0.141. The second-order valence-electron chi connectivity index (χ2n) is 15.1. The van der Waals surface area contributed by atoms with E-state index in [0.29, 0.717) is 5.92 Å². The van der Waals surface area contributed by atoms with Crippen molar-refractivity contribution in [1.82, 2.24) is 4.90 Å². The minimum absolute atomic E-state index is 0.0345. The molecule has 0 bridgehead atoms. The molecule has 46 heavy (non-hydrogen) atoms. The molecule has 0 aromatic rings. The standard InChI is InChI=1S/C42H85NO3/c1-6-10-12-14-16-18-20-21-22-23-25-27-29-31-34-39(42(46)43(36-41(45)37-44)40(9-4)32-8-3)35-38(5)33-30-28-26-24-19-17-15-13-11-7-2/h38-41,44-45H,6-37H2,1-5H3. The Morgan fingerprint density at radius 3 is 1.30 bits per heavy atom. The molecule has 0 saturated carbocycles. The van der Waals surface area contributed by atoms with Crippen LogP contribution in [-0.4, -0.2) is 46.3 Å². The number of aliphatic hydroxyl groups is 2. The summed E-state index contributed by atoms with van der Waals surface area (Å²) in [5.74, 6) is 0.815. The molecule has 4 atom stereocenters. The fourth-order valence-corrected chi connectivity index (χ4v) is 7.36. The zero-order valence-electron chi connectivity index (χ0n) is 32.2. The van der Waals surface area contributed by atoms with Crippen molar-refractivity contribution in [2.75, 3.05) is 13.2 Å². The molecule has 0 fully saturated rings. The minimum atomic E-state index is -0.861. The number of hydrogen-bond donors (Lipinski definition) is 2. The van der Waals surface area contributed by atoms with Crippen LogP contribution in [-0.2, 0) is 4.79 Å². The van der Waals surface area contributed by atoms with Gasteiger partial charge in [-0.15, -0.1) is 0 Å². The quantitative estimate of drug-likeness (QED) is 0.0663. The molecule has 0 aromatic heterocycles. The third-order valence-corrected chi connectivity index (χ3v) is 10.4. The molecule has 0 aliphatic heterocycles. The minimum Gasteiger partial charge on any atom is -0.394 e. The maximum atomic E-state index is 14.1. The molecule has 0 saturated heterocycles. The molecule has 0 spiro atoms. The topological polar surface area (TPSA) is 60.8 Å². The highest BCUT2D eigenvalue weighted by atomic mass is 16.3. The van der Waals surface area contributed by atoms with Crippen molar-refractivity contribution in [3.05, 3.63) is 0 Å². The van der Waals surface area contributed by atoms with Crippen molar-refractivity contribution < 1.29 is 15.0 Å². The molecule has 4 nitrogen and oxygen atoms in total. The van der Waals surface area contributed by atoms with E-state index in [9.17, 15) is 15.0 Å². The summed E-state index contributed by atoms with van der Waals surface area (Å²) in [4.78, 5) is 16.1. The molecule has 0 aliphatic carbocycles. The normalized spacial score (nSPS) is 14.3. The van der Waals surface area contributed by atoms with E-state index in [1.165, 1.54) is 154 Å². The highest BCUT2D eigenvalue weighted by Crippen LogP contribution is 2.28. The van der Waals surface area contributed by atoms with Crippen molar-refractivity contribution >= 4 is 5.91 Å². The third-order valence-electron chi connectivity index (χ3n) is 10.4. The van der Waals surface area contributed by atoms with E-state index in [2.05, 4.69) is 34.6 Å². The number of aliphatic hydroxyl groups excluding tert-OH is 2. The van der Waals surface area contributed by atoms with Gasteiger partial charge in [0.1, 0.15) is 0 Å². The lowest BCUT2D eigenvalue weighted by Gasteiger charge is -2.36. The van der Waals surface area contributed by atoms with Gasteiger partial charge in [0, 0.05) is 18.5 Å². The van der Waals surface area contributed by atoms with E-state index in [1.807, 2.05) is 4.90 Å². The number of amides is 1. The number of hydrogen-bond acceptors (Lipinski definition) is 3. The van der Waals surface area contributed by atoms with Crippen LogP contribution in [0.2, 0.25) is 0 Å². The molecule has 4 heteroatoms. The zero-order chi connectivity index (χ0) is 34.1. The zero-order valence-corrected chi connectivity index (χ0v) is 32.2. The van der Waals surface area contributed by atoms with Crippen molar-refractivity contribution in [2.24, 2.45) is 11.8 Å². The SMILES string of the molecule is CCCCCCCCCCCCCCCCC(CC(C)CCCCCCCCCCCC)C(=O)N(CC(O)CO)C(CC)CCC. The second-order valence-corrected chi connectivity index (χ2v) is 15.1. The van der Waals surface area contributed by atoms with Crippen molar-refractivity contribution in [1.29, 1.82) is 0 Å². The fourth-order valence-electron chi connectivity index (χ4n) is 7.36. The summed E-state index contributed by atoms with van der Waals surface area (Å²) in [5.41, 5.74) is 0. The van der Waals surface area contributed by atoms with Crippen LogP contribution in [0.25, 0.3) is 0 Å². The average Bonchev–Trinajstić information content (AvgIpc) is 3.06. The van der Waals surface area contributed by atoms with Gasteiger partial charge in [0.25, 0.3) is 0 Å². The Labute approximate surface area is 289 Å². The number of carbonyl (C=O) groups is 1. The van der Waals surface area contributed by atoms with Crippen molar-refractivity contribution in [3.8, 4) is 0 Å². The first-order valence-electron chi connectivity index (χ1n) is 21.0. The highest BCUT2D eigenvalue weighted by Gasteiger charge is 2.30. The van der Waals surface area contributed by atoms with Crippen LogP contribution in [0.3, 0.4) is 0 Å². The van der Waals surface area contributed by atoms with E-state index >= 15 is 0 Å². The van der Waals surface area contributed by atoms with Crippen molar-refractivity contribution in [3.63, 3.8) is 0 Å². The summed E-state index contributed by atoms with van der Waals surface area (Å²) < 4.78 is 0. The van der Waals surface area contributed by atoms with Gasteiger partial charge in [0.15, 0.2) is 0 Å². The molecule has 0 radical (unpaired) electrons. The van der Waals surface area contributed by atoms with Gasteiger partial charge >= 0.3 is 0 Å². The van der Waals surface area contributed by atoms with Crippen LogP contribution in [0.15, 0.2) is 0 Å². The maximum absolute atomic E-state index is 14.1. The summed E-state index contributed by atoms with van der Waals surface area (Å²) in [6.07, 6.45) is 37.7. The molecular formula is C42H85NO3. The maximum Gasteiger partial charge on any atom is 0.226 e. The molecule has 4 unspecified atom stereocenters.